The second-order valence-corrected chi connectivity index (χ2v) is 5.45. The number of carbonyl (C=O) groups excluding carboxylic acids is 2. The SMILES string of the molecule is COC(=O)CN(C(C)=O)n1c(-c2ccccc2C)nc2cncnc21. The number of imidazole rings is 1. The van der Waals surface area contributed by atoms with Crippen molar-refractivity contribution >= 4 is 23.0 Å². The summed E-state index contributed by atoms with van der Waals surface area (Å²) in [6.07, 6.45) is 2.94. The van der Waals surface area contributed by atoms with Crippen LogP contribution in [0.2, 0.25) is 0 Å². The Kier molecular flexibility index (Phi) is 4.42. The van der Waals surface area contributed by atoms with Crippen LogP contribution in [-0.4, -0.2) is 45.2 Å². The lowest BCUT2D eigenvalue weighted by atomic mass is 10.1. The Hall–Kier alpha value is -3.29. The Labute approximate surface area is 144 Å². The zero-order chi connectivity index (χ0) is 18.0. The first-order valence-corrected chi connectivity index (χ1v) is 7.62. The highest BCUT2D eigenvalue weighted by atomic mass is 16.5. The number of aryl methyl sites for hydroxylation is 1. The molecule has 128 valence electrons. The largest absolute Gasteiger partial charge is 0.468 e. The molecule has 2 heterocycles. The van der Waals surface area contributed by atoms with Gasteiger partial charge in [0.1, 0.15) is 18.4 Å². The number of esters is 1. The summed E-state index contributed by atoms with van der Waals surface area (Å²) in [6.45, 7) is 3.07. The Balaban J connectivity index is 2.28. The van der Waals surface area contributed by atoms with E-state index in [2.05, 4.69) is 15.0 Å². The molecule has 0 fully saturated rings. The van der Waals surface area contributed by atoms with E-state index in [1.807, 2.05) is 31.2 Å². The number of hydrogen-bond donors (Lipinski definition) is 0. The number of hydrogen-bond acceptors (Lipinski definition) is 6. The number of ether oxygens (including phenoxy) is 1. The summed E-state index contributed by atoms with van der Waals surface area (Å²) < 4.78 is 6.25. The van der Waals surface area contributed by atoms with Crippen molar-refractivity contribution in [3.05, 3.63) is 42.4 Å². The standard InChI is InChI=1S/C17H17N5O3/c1-11-6-4-5-7-13(11)16-20-14-8-18-10-19-17(14)22(16)21(12(2)23)9-15(24)25-3/h4-8,10H,9H2,1-3H3. The highest BCUT2D eigenvalue weighted by molar-refractivity contribution is 5.92. The van der Waals surface area contributed by atoms with Gasteiger partial charge in [0, 0.05) is 12.5 Å². The third-order valence-corrected chi connectivity index (χ3v) is 3.80. The van der Waals surface area contributed by atoms with E-state index in [1.54, 1.807) is 10.9 Å². The lowest BCUT2D eigenvalue weighted by molar-refractivity contribution is -0.140. The van der Waals surface area contributed by atoms with Gasteiger partial charge in [-0.1, -0.05) is 24.3 Å². The molecule has 0 unspecified atom stereocenters. The maximum atomic E-state index is 12.2. The van der Waals surface area contributed by atoms with Crippen LogP contribution in [0.4, 0.5) is 0 Å². The summed E-state index contributed by atoms with van der Waals surface area (Å²) in [5.41, 5.74) is 2.77. The van der Waals surface area contributed by atoms with E-state index in [0.717, 1.165) is 11.1 Å². The van der Waals surface area contributed by atoms with Crippen LogP contribution in [0.1, 0.15) is 12.5 Å². The molecule has 0 aliphatic rings. The van der Waals surface area contributed by atoms with Gasteiger partial charge in [0.2, 0.25) is 5.91 Å². The minimum Gasteiger partial charge on any atom is -0.468 e. The zero-order valence-corrected chi connectivity index (χ0v) is 14.1. The van der Waals surface area contributed by atoms with Crippen LogP contribution in [0.3, 0.4) is 0 Å². The van der Waals surface area contributed by atoms with Gasteiger partial charge in [-0.05, 0) is 12.5 Å². The van der Waals surface area contributed by atoms with Gasteiger partial charge in [0.15, 0.2) is 11.5 Å². The molecule has 0 bridgehead atoms. The van der Waals surface area contributed by atoms with Crippen molar-refractivity contribution < 1.29 is 14.3 Å². The fourth-order valence-corrected chi connectivity index (χ4v) is 2.56. The molecule has 8 heteroatoms. The van der Waals surface area contributed by atoms with E-state index < -0.39 is 5.97 Å². The maximum Gasteiger partial charge on any atom is 0.327 e. The Bertz CT molecular complexity index is 950. The van der Waals surface area contributed by atoms with Crippen molar-refractivity contribution in [3.63, 3.8) is 0 Å². The lowest BCUT2D eigenvalue weighted by Crippen LogP contribution is -2.43. The third-order valence-electron chi connectivity index (χ3n) is 3.80. The van der Waals surface area contributed by atoms with E-state index >= 15 is 0 Å². The molecule has 0 N–H and O–H groups in total. The monoisotopic (exact) mass is 339 g/mol. The molecule has 3 aromatic rings. The van der Waals surface area contributed by atoms with Crippen LogP contribution in [0, 0.1) is 6.92 Å². The first-order chi connectivity index (χ1) is 12.0. The number of fused-ring (bicyclic) bond motifs is 1. The highest BCUT2D eigenvalue weighted by Gasteiger charge is 2.24. The zero-order valence-electron chi connectivity index (χ0n) is 14.1. The number of methoxy groups -OCH3 is 1. The molecule has 8 nitrogen and oxygen atoms in total. The van der Waals surface area contributed by atoms with Crippen LogP contribution in [0.25, 0.3) is 22.6 Å². The smallest absolute Gasteiger partial charge is 0.327 e. The molecule has 0 saturated heterocycles. The number of benzene rings is 1. The topological polar surface area (TPSA) is 90.2 Å². The summed E-state index contributed by atoms with van der Waals surface area (Å²) in [5.74, 6) is -0.368. The van der Waals surface area contributed by atoms with Gasteiger partial charge in [-0.25, -0.2) is 24.6 Å². The molecule has 1 aromatic carbocycles. The molecule has 1 amide bonds. The third kappa shape index (κ3) is 3.06. The minimum atomic E-state index is -0.540. The quantitative estimate of drug-likeness (QED) is 0.669. The minimum absolute atomic E-state index is 0.250. The van der Waals surface area contributed by atoms with Gasteiger partial charge in [-0.15, -0.1) is 0 Å². The maximum absolute atomic E-state index is 12.2. The number of rotatable bonds is 4. The van der Waals surface area contributed by atoms with E-state index in [-0.39, 0.29) is 12.5 Å². The van der Waals surface area contributed by atoms with Crippen molar-refractivity contribution in [2.75, 3.05) is 18.7 Å². The molecule has 3 rings (SSSR count). The average molecular weight is 339 g/mol. The van der Waals surface area contributed by atoms with E-state index in [9.17, 15) is 9.59 Å². The van der Waals surface area contributed by atoms with Gasteiger partial charge in [0.25, 0.3) is 0 Å². The van der Waals surface area contributed by atoms with Crippen molar-refractivity contribution in [2.45, 2.75) is 13.8 Å². The molecule has 0 saturated carbocycles. The molecular weight excluding hydrogens is 322 g/mol. The van der Waals surface area contributed by atoms with Gasteiger partial charge in [0.05, 0.1) is 13.3 Å². The molecule has 25 heavy (non-hydrogen) atoms. The Morgan fingerprint density at radius 2 is 2.04 bits per heavy atom. The van der Waals surface area contributed by atoms with E-state index in [0.29, 0.717) is 17.0 Å². The van der Waals surface area contributed by atoms with Crippen LogP contribution in [0.15, 0.2) is 36.8 Å². The van der Waals surface area contributed by atoms with Crippen molar-refractivity contribution in [1.82, 2.24) is 19.6 Å². The molecule has 2 aromatic heterocycles. The number of amides is 1. The Morgan fingerprint density at radius 1 is 1.28 bits per heavy atom. The van der Waals surface area contributed by atoms with Crippen LogP contribution in [-0.2, 0) is 14.3 Å². The van der Waals surface area contributed by atoms with Crippen LogP contribution >= 0.6 is 0 Å². The fraction of sp³-hybridized carbons (Fsp3) is 0.235. The predicted molar refractivity (Wildman–Crippen MR) is 91.3 cm³/mol. The lowest BCUT2D eigenvalue weighted by Gasteiger charge is -2.23. The van der Waals surface area contributed by atoms with Crippen molar-refractivity contribution in [2.24, 2.45) is 0 Å². The summed E-state index contributed by atoms with van der Waals surface area (Å²) in [4.78, 5) is 36.8. The van der Waals surface area contributed by atoms with E-state index in [4.69, 9.17) is 4.74 Å². The van der Waals surface area contributed by atoms with Gasteiger partial charge in [-0.2, -0.15) is 0 Å². The van der Waals surface area contributed by atoms with E-state index in [1.165, 1.54) is 25.4 Å². The highest BCUT2D eigenvalue weighted by Crippen LogP contribution is 2.26. The molecule has 0 spiro atoms. The fourth-order valence-electron chi connectivity index (χ4n) is 2.56. The van der Waals surface area contributed by atoms with Gasteiger partial charge >= 0.3 is 5.97 Å². The normalized spacial score (nSPS) is 10.7. The Morgan fingerprint density at radius 3 is 2.72 bits per heavy atom. The summed E-state index contributed by atoms with van der Waals surface area (Å²) >= 11 is 0. The molecule has 0 aliphatic carbocycles. The number of nitrogens with zero attached hydrogens (tertiary/aromatic N) is 5. The first kappa shape index (κ1) is 16.6. The summed E-state index contributed by atoms with van der Waals surface area (Å²) in [6, 6.07) is 7.65. The number of aromatic nitrogens is 4. The average Bonchev–Trinajstić information content (AvgIpc) is 2.98. The number of carbonyl (C=O) groups is 2. The molecule has 0 aliphatic heterocycles. The molecule has 0 atom stereocenters. The second-order valence-electron chi connectivity index (χ2n) is 5.45. The van der Waals surface area contributed by atoms with Crippen molar-refractivity contribution in [3.8, 4) is 11.4 Å². The predicted octanol–water partition coefficient (Wildman–Crippen LogP) is 1.46. The van der Waals surface area contributed by atoms with Crippen molar-refractivity contribution in [1.29, 1.82) is 0 Å². The van der Waals surface area contributed by atoms with Crippen LogP contribution < -0.4 is 5.01 Å². The second kappa shape index (κ2) is 6.68. The summed E-state index contributed by atoms with van der Waals surface area (Å²) in [7, 11) is 1.27. The van der Waals surface area contributed by atoms with Crippen LogP contribution in [0.5, 0.6) is 0 Å². The molecular formula is C17H17N5O3. The molecule has 0 radical (unpaired) electrons. The first-order valence-electron chi connectivity index (χ1n) is 7.62. The van der Waals surface area contributed by atoms with Gasteiger partial charge < -0.3 is 4.74 Å². The summed E-state index contributed by atoms with van der Waals surface area (Å²) in [5, 5.41) is 1.26. The van der Waals surface area contributed by atoms with Gasteiger partial charge in [-0.3, -0.25) is 9.59 Å².